The molecule has 0 aliphatic carbocycles. The molecule has 0 aromatic heterocycles. The number of carboxylic acid groups (broad SMARTS) is 1. The van der Waals surface area contributed by atoms with Crippen molar-refractivity contribution < 1.29 is 23.8 Å². The van der Waals surface area contributed by atoms with Crippen molar-refractivity contribution in [2.75, 3.05) is 0 Å². The van der Waals surface area contributed by atoms with Gasteiger partial charge in [-0.2, -0.15) is 0 Å². The Labute approximate surface area is 111 Å². The van der Waals surface area contributed by atoms with Crippen LogP contribution in [-0.2, 0) is 4.79 Å². The van der Waals surface area contributed by atoms with Crippen molar-refractivity contribution in [3.63, 3.8) is 0 Å². The minimum atomic E-state index is -1.37. The third kappa shape index (κ3) is 3.65. The van der Waals surface area contributed by atoms with Crippen molar-refractivity contribution in [2.45, 2.75) is 17.3 Å². The molecule has 0 heterocycles. The maximum absolute atomic E-state index is 13.3. The van der Waals surface area contributed by atoms with E-state index in [0.29, 0.717) is 0 Å². The summed E-state index contributed by atoms with van der Waals surface area (Å²) in [5, 5.41) is 8.62. The highest BCUT2D eigenvalue weighted by Crippen LogP contribution is 2.22. The van der Waals surface area contributed by atoms with Crippen LogP contribution in [0.4, 0.5) is 4.39 Å². The fourth-order valence-corrected chi connectivity index (χ4v) is 1.07. The summed E-state index contributed by atoms with van der Waals surface area (Å²) in [7, 11) is 0. The Bertz CT molecular complexity index is 465. The largest absolute Gasteiger partial charge is 0.478 e. The molecule has 92 valence electrons. The number of alkyl halides is 1. The first kappa shape index (κ1) is 13.9. The Kier molecular flexibility index (Phi) is 4.07. The minimum absolute atomic E-state index is 0.0118. The van der Waals surface area contributed by atoms with Crippen LogP contribution in [0.2, 0.25) is 0 Å². The molecule has 0 fully saturated rings. The second-order valence-corrected chi connectivity index (χ2v) is 6.51. The van der Waals surface area contributed by atoms with Gasteiger partial charge in [-0.25, -0.2) is 9.18 Å². The van der Waals surface area contributed by atoms with Gasteiger partial charge in [0.15, 0.2) is 0 Å². The maximum Gasteiger partial charge on any atom is 0.338 e. The number of ether oxygens (including phenoxy) is 1. The van der Waals surface area contributed by atoms with Crippen LogP contribution < -0.4 is 4.74 Å². The molecule has 1 N–H and O–H groups in total. The Hall–Kier alpha value is -1.18. The number of rotatable bonds is 3. The smallest absolute Gasteiger partial charge is 0.338 e. The Balaban J connectivity index is 2.92. The molecule has 0 atom stereocenters. The van der Waals surface area contributed by atoms with Crippen LogP contribution in [0.3, 0.4) is 0 Å². The van der Waals surface area contributed by atoms with E-state index in [-0.39, 0.29) is 5.75 Å². The molecular formula is C11H10FIO4. The molecule has 1 aromatic rings. The van der Waals surface area contributed by atoms with Crippen molar-refractivity contribution in [2.24, 2.45) is 0 Å². The Morgan fingerprint density at radius 3 is 2.41 bits per heavy atom. The number of hydrogen-bond donors (Lipinski definition) is 1. The predicted octanol–water partition coefficient (Wildman–Crippen LogP) is 2.64. The van der Waals surface area contributed by atoms with Crippen LogP contribution in [0.5, 0.6) is 5.75 Å². The normalized spacial score (nSPS) is 11.1. The fraction of sp³-hybridized carbons (Fsp3) is 0.273. The summed E-state index contributed by atoms with van der Waals surface area (Å²) in [5.41, 5.74) is -0.460. The van der Waals surface area contributed by atoms with Gasteiger partial charge in [0.2, 0.25) is 0 Å². The molecule has 1 rings (SSSR count). The summed E-state index contributed by atoms with van der Waals surface area (Å²) in [6, 6.07) is 3.18. The van der Waals surface area contributed by atoms with Gasteiger partial charge >= 0.3 is 11.9 Å². The van der Waals surface area contributed by atoms with Crippen LogP contribution in [0.1, 0.15) is 24.2 Å². The molecule has 0 aliphatic heterocycles. The zero-order valence-electron chi connectivity index (χ0n) is 9.16. The highest BCUT2D eigenvalue weighted by molar-refractivity contribution is 14.1. The van der Waals surface area contributed by atoms with Crippen molar-refractivity contribution >= 4 is 34.5 Å². The number of esters is 1. The van der Waals surface area contributed by atoms with Gasteiger partial charge in [-0.1, -0.05) is 22.6 Å². The first-order chi connectivity index (χ1) is 7.71. The van der Waals surface area contributed by atoms with E-state index in [2.05, 4.69) is 0 Å². The van der Waals surface area contributed by atoms with E-state index >= 15 is 0 Å². The molecule has 0 saturated carbocycles. The molecule has 17 heavy (non-hydrogen) atoms. The predicted molar refractivity (Wildman–Crippen MR) is 67.1 cm³/mol. The van der Waals surface area contributed by atoms with E-state index < -0.39 is 26.7 Å². The lowest BCUT2D eigenvalue weighted by Crippen LogP contribution is -2.29. The van der Waals surface area contributed by atoms with Gasteiger partial charge in [0.1, 0.15) is 15.0 Å². The van der Waals surface area contributed by atoms with Crippen LogP contribution in [0.25, 0.3) is 0 Å². The third-order valence-corrected chi connectivity index (χ3v) is 2.31. The summed E-state index contributed by atoms with van der Waals surface area (Å²) >= 11 is 1.89. The highest BCUT2D eigenvalue weighted by atomic mass is 127. The molecular weight excluding hydrogens is 342 g/mol. The quantitative estimate of drug-likeness (QED) is 0.393. The third-order valence-electron chi connectivity index (χ3n) is 1.87. The lowest BCUT2D eigenvalue weighted by Gasteiger charge is -2.14. The van der Waals surface area contributed by atoms with Gasteiger partial charge in [-0.15, -0.1) is 0 Å². The number of carboxylic acids is 1. The summed E-state index contributed by atoms with van der Waals surface area (Å²) in [4.78, 5) is 22.1. The van der Waals surface area contributed by atoms with Gasteiger partial charge in [0.05, 0.1) is 5.56 Å². The summed E-state index contributed by atoms with van der Waals surface area (Å²) in [6.45, 7) is 3.30. The Morgan fingerprint density at radius 1 is 1.41 bits per heavy atom. The zero-order valence-corrected chi connectivity index (χ0v) is 11.3. The van der Waals surface area contributed by atoms with Gasteiger partial charge in [-0.3, -0.25) is 4.79 Å². The molecule has 0 unspecified atom stereocenters. The van der Waals surface area contributed by atoms with Gasteiger partial charge < -0.3 is 9.84 Å². The lowest BCUT2D eigenvalue weighted by atomic mass is 10.2. The van der Waals surface area contributed by atoms with Crippen LogP contribution in [0, 0.1) is 5.82 Å². The second-order valence-electron chi connectivity index (χ2n) is 3.81. The van der Waals surface area contributed by atoms with Crippen molar-refractivity contribution in [1.29, 1.82) is 0 Å². The van der Waals surface area contributed by atoms with Crippen LogP contribution in [0.15, 0.2) is 18.2 Å². The number of carbonyl (C=O) groups excluding carboxylic acids is 1. The highest BCUT2D eigenvalue weighted by Gasteiger charge is 2.26. The first-order valence-corrected chi connectivity index (χ1v) is 5.73. The minimum Gasteiger partial charge on any atom is -0.478 e. The molecule has 0 amide bonds. The lowest BCUT2D eigenvalue weighted by molar-refractivity contribution is -0.135. The summed E-state index contributed by atoms with van der Waals surface area (Å²) < 4.78 is 17.5. The average molecular weight is 352 g/mol. The molecule has 6 heteroatoms. The molecule has 0 bridgehead atoms. The van der Waals surface area contributed by atoms with Crippen molar-refractivity contribution in [3.05, 3.63) is 29.6 Å². The van der Waals surface area contributed by atoms with E-state index in [1.165, 1.54) is 6.07 Å². The monoisotopic (exact) mass is 352 g/mol. The number of aromatic carboxylic acids is 1. The van der Waals surface area contributed by atoms with E-state index in [9.17, 15) is 14.0 Å². The maximum atomic E-state index is 13.3. The standard InChI is InChI=1S/C11H10FIO4/c1-11(2,13)10(16)17-6-3-4-7(9(14)15)8(12)5-6/h3-5H,1-2H3,(H,14,15). The van der Waals surface area contributed by atoms with E-state index in [4.69, 9.17) is 9.84 Å². The van der Waals surface area contributed by atoms with Crippen molar-refractivity contribution in [3.8, 4) is 5.75 Å². The Morgan fingerprint density at radius 2 is 2.00 bits per heavy atom. The van der Waals surface area contributed by atoms with Crippen molar-refractivity contribution in [1.82, 2.24) is 0 Å². The molecule has 4 nitrogen and oxygen atoms in total. The molecule has 0 aliphatic rings. The first-order valence-electron chi connectivity index (χ1n) is 4.66. The van der Waals surface area contributed by atoms with E-state index in [0.717, 1.165) is 12.1 Å². The van der Waals surface area contributed by atoms with Crippen LogP contribution in [-0.4, -0.2) is 20.5 Å². The molecule has 1 aromatic carbocycles. The van der Waals surface area contributed by atoms with E-state index in [1.807, 2.05) is 22.6 Å². The topological polar surface area (TPSA) is 63.6 Å². The van der Waals surface area contributed by atoms with Gasteiger partial charge in [0, 0.05) is 6.07 Å². The molecule has 0 radical (unpaired) electrons. The fourth-order valence-electron chi connectivity index (χ4n) is 0.961. The van der Waals surface area contributed by atoms with Gasteiger partial charge in [0.25, 0.3) is 0 Å². The number of carbonyl (C=O) groups is 2. The number of benzene rings is 1. The summed E-state index contributed by atoms with van der Waals surface area (Å²) in [5.74, 6) is -2.84. The van der Waals surface area contributed by atoms with Gasteiger partial charge in [-0.05, 0) is 26.0 Å². The SMILES string of the molecule is CC(C)(I)C(=O)Oc1ccc(C(=O)O)c(F)c1. The number of hydrogen-bond acceptors (Lipinski definition) is 3. The average Bonchev–Trinajstić information content (AvgIpc) is 2.15. The number of halogens is 2. The molecule has 0 saturated heterocycles. The second kappa shape index (κ2) is 4.99. The zero-order chi connectivity index (χ0) is 13.2. The van der Waals surface area contributed by atoms with Crippen LogP contribution >= 0.6 is 22.6 Å². The molecule has 0 spiro atoms. The van der Waals surface area contributed by atoms with E-state index in [1.54, 1.807) is 13.8 Å². The summed E-state index contributed by atoms with van der Waals surface area (Å²) in [6.07, 6.45) is 0.